The molecule has 0 aromatic rings. The summed E-state index contributed by atoms with van der Waals surface area (Å²) in [6.07, 6.45) is 0. The van der Waals surface area contributed by atoms with Crippen molar-refractivity contribution in [2.75, 3.05) is 0 Å². The van der Waals surface area contributed by atoms with Crippen molar-refractivity contribution in [1.82, 2.24) is 0 Å². The van der Waals surface area contributed by atoms with Crippen molar-refractivity contribution >= 4 is 35.9 Å². The standard InChI is InChI=1S/Ca.2H2O.O/h;2*1H2;. The second-order valence-electron chi connectivity index (χ2n) is 0. The van der Waals surface area contributed by atoms with Crippen molar-refractivity contribution in [3.63, 3.8) is 0 Å². The van der Waals surface area contributed by atoms with Gasteiger partial charge >= 0.3 is 37.3 Å². The van der Waals surface area contributed by atoms with Gasteiger partial charge in [-0.3, -0.25) is 0 Å². The molecule has 0 aliphatic rings. The van der Waals surface area contributed by atoms with E-state index in [-0.39, 0.29) is 46.8 Å². The van der Waals surface area contributed by atoms with Gasteiger partial charge in [0.2, 0.25) is 0 Å². The van der Waals surface area contributed by atoms with Gasteiger partial charge in [0, 0.05) is 0 Å². The van der Waals surface area contributed by atoms with Gasteiger partial charge in [-0.15, -0.1) is 0 Å². The fourth-order valence-electron chi connectivity index (χ4n) is 0. The Bertz CT molecular complexity index is 3.25. The Morgan fingerprint density at radius 2 is 1.00 bits per heavy atom. The van der Waals surface area contributed by atoms with E-state index in [0.717, 1.165) is 0 Å². The fourth-order valence-corrected chi connectivity index (χ4v) is 0. The summed E-state index contributed by atoms with van der Waals surface area (Å²) in [5.74, 6) is 0. The van der Waals surface area contributed by atoms with E-state index in [4.69, 9.17) is 1.43 Å². The summed E-state index contributed by atoms with van der Waals surface area (Å²) in [5.41, 5.74) is 0. The Kier molecular flexibility index (Phi) is 185. The maximum absolute atomic E-state index is 8.38. The molecule has 0 aromatic heterocycles. The van der Waals surface area contributed by atoms with E-state index in [1.165, 1.54) is 0 Å². The van der Waals surface area contributed by atoms with Crippen LogP contribution in [0.5, 0.6) is 0 Å². The molecule has 0 aliphatic carbocycles. The Morgan fingerprint density at radius 3 is 1.00 bits per heavy atom. The number of rotatable bonds is 0. The molecule has 0 fully saturated rings. The van der Waals surface area contributed by atoms with Crippen LogP contribution in [0.15, 0.2) is 0 Å². The van der Waals surface area contributed by atoms with E-state index >= 15 is 0 Å². The Morgan fingerprint density at radius 1 is 1.00 bits per heavy atom. The van der Waals surface area contributed by atoms with E-state index in [0.29, 0.717) is 0 Å². The monoisotopic (exact) mass is 92.0 g/mol. The van der Waals surface area contributed by atoms with Gasteiger partial charge in [-0.05, 0) is 0 Å². The van der Waals surface area contributed by atoms with E-state index < -0.39 is 0 Å². The van der Waals surface area contributed by atoms with Crippen molar-refractivity contribution in [3.8, 4) is 0 Å². The summed E-state index contributed by atoms with van der Waals surface area (Å²) in [6.45, 7) is 0. The van der Waals surface area contributed by atoms with Gasteiger partial charge in [-0.1, -0.05) is 0 Å². The first-order valence-electron chi connectivity index (χ1n) is 0.289. The zero-order valence-electron chi connectivity index (χ0n) is 2.12. The molecule has 0 radical (unpaired) electrons. The molecule has 4 heavy (non-hydrogen) atoms. The molecule has 0 aliphatic heterocycles. The van der Waals surface area contributed by atoms with Crippen LogP contribution in [-0.2, 0) is 1.43 Å². The number of hydrogen-bond donors (Lipinski definition) is 0. The third-order valence-corrected chi connectivity index (χ3v) is 0. The molecule has 3 nitrogen and oxygen atoms in total. The van der Waals surface area contributed by atoms with Gasteiger partial charge in [0.1, 0.15) is 0 Å². The fraction of sp³-hybridized carbons (Fsp3) is 0. The van der Waals surface area contributed by atoms with Crippen LogP contribution in [0.3, 0.4) is 0 Å². The predicted molar refractivity (Wildman–Crippen MR) is 13.7 cm³/mol. The maximum atomic E-state index is 8.38. The minimum atomic E-state index is 0. The first-order chi connectivity index (χ1) is 1.00. The molecule has 4 N–H and O–H groups in total. The Balaban J connectivity index is -0.00000000500. The quantitative estimate of drug-likeness (QED) is 0.314. The molecule has 0 aromatic carbocycles. The second kappa shape index (κ2) is 36.8. The molecular formula is H4CaO3. The molecule has 0 bridgehead atoms. The summed E-state index contributed by atoms with van der Waals surface area (Å²) in [5, 5.41) is 0. The molecular weight excluding hydrogens is 88.1 g/mol. The van der Waals surface area contributed by atoms with Crippen LogP contribution < -0.4 is 0 Å². The van der Waals surface area contributed by atoms with Crippen molar-refractivity contribution in [3.05, 3.63) is 0 Å². The summed E-state index contributed by atoms with van der Waals surface area (Å²) < 4.78 is 8.38. The molecule has 24 valence electrons. The van der Waals surface area contributed by atoms with Gasteiger partial charge in [-0.2, -0.15) is 0 Å². The van der Waals surface area contributed by atoms with Crippen LogP contribution in [0.2, 0.25) is 0 Å². The van der Waals surface area contributed by atoms with Crippen molar-refractivity contribution in [2.24, 2.45) is 0 Å². The molecule has 0 atom stereocenters. The third-order valence-electron chi connectivity index (χ3n) is 0. The molecule has 0 spiro atoms. The average molecular weight is 92.1 g/mol. The van der Waals surface area contributed by atoms with Crippen LogP contribution in [0.25, 0.3) is 0 Å². The average Bonchev–Trinajstić information content (AvgIpc) is 1.00. The van der Waals surface area contributed by atoms with Crippen molar-refractivity contribution in [1.29, 1.82) is 0 Å². The zero-order valence-corrected chi connectivity index (χ0v) is 4.32. The van der Waals surface area contributed by atoms with Gasteiger partial charge in [0.15, 0.2) is 0 Å². The zero-order chi connectivity index (χ0) is 2.00. The minimum absolute atomic E-state index is 0. The summed E-state index contributed by atoms with van der Waals surface area (Å²) >= 11 is 0.125. The second-order valence-corrected chi connectivity index (χ2v) is 0. The van der Waals surface area contributed by atoms with E-state index in [9.17, 15) is 0 Å². The van der Waals surface area contributed by atoms with Crippen molar-refractivity contribution in [2.45, 2.75) is 0 Å². The van der Waals surface area contributed by atoms with Crippen LogP contribution >= 0.6 is 0 Å². The Hall–Kier alpha value is 0.980. The van der Waals surface area contributed by atoms with Crippen LogP contribution in [-0.4, -0.2) is 46.8 Å². The van der Waals surface area contributed by atoms with Gasteiger partial charge in [0.05, 0.1) is 0 Å². The molecule has 0 heterocycles. The predicted octanol–water partition coefficient (Wildman–Crippen LogP) is -2.15. The Labute approximate surface area is 48.0 Å². The van der Waals surface area contributed by atoms with Gasteiger partial charge < -0.3 is 11.0 Å². The normalized spacial score (nSPS) is 1.50. The SMILES string of the molecule is O.O.[O]=[Ca]. The summed E-state index contributed by atoms with van der Waals surface area (Å²) in [7, 11) is 0. The van der Waals surface area contributed by atoms with Crippen molar-refractivity contribution < 1.29 is 12.4 Å². The van der Waals surface area contributed by atoms with Crippen LogP contribution in [0, 0.1) is 0 Å². The van der Waals surface area contributed by atoms with E-state index in [1.807, 2.05) is 0 Å². The molecule has 0 amide bonds. The molecule has 0 saturated heterocycles. The van der Waals surface area contributed by atoms with Crippen LogP contribution in [0.1, 0.15) is 0 Å². The van der Waals surface area contributed by atoms with Gasteiger partial charge in [0.25, 0.3) is 0 Å². The first kappa shape index (κ1) is 20.1. The van der Waals surface area contributed by atoms with E-state index in [2.05, 4.69) is 0 Å². The third kappa shape index (κ3) is 12.2. The molecule has 0 saturated carbocycles. The first-order valence-corrected chi connectivity index (χ1v) is 1.19. The molecule has 4 heteroatoms. The van der Waals surface area contributed by atoms with Gasteiger partial charge in [-0.25, -0.2) is 0 Å². The number of hydrogen-bond acceptors (Lipinski definition) is 1. The van der Waals surface area contributed by atoms with E-state index in [1.54, 1.807) is 0 Å². The molecule has 0 unspecified atom stereocenters. The molecule has 0 rings (SSSR count). The summed E-state index contributed by atoms with van der Waals surface area (Å²) in [4.78, 5) is 0. The van der Waals surface area contributed by atoms with Crippen LogP contribution in [0.4, 0.5) is 0 Å². The topological polar surface area (TPSA) is 80.1 Å². The summed E-state index contributed by atoms with van der Waals surface area (Å²) in [6, 6.07) is 0.